The fourth-order valence-electron chi connectivity index (χ4n) is 5.87. The normalized spacial score (nSPS) is 24.6. The van der Waals surface area contributed by atoms with Crippen LogP contribution in [-0.4, -0.2) is 22.8 Å². The van der Waals surface area contributed by atoms with Crippen LogP contribution in [0.3, 0.4) is 0 Å². The van der Waals surface area contributed by atoms with Crippen molar-refractivity contribution in [3.63, 3.8) is 0 Å². The first-order valence-electron chi connectivity index (χ1n) is 12.6. The molecule has 0 aromatic heterocycles. The predicted molar refractivity (Wildman–Crippen MR) is 135 cm³/mol. The number of hydrogen-bond donors (Lipinski definition) is 1. The number of ketones is 1. The SMILES string of the molecule is C=C1NC2=C(C(=O)CC(c3ccccc3)C2)C(c2ccc([N+](=O)[O-])cc2)C1C(=O)OC1CCCCC1. The van der Waals surface area contributed by atoms with Crippen molar-refractivity contribution in [2.45, 2.75) is 62.9 Å². The molecule has 1 aliphatic heterocycles. The number of carbonyl (C=O) groups is 2. The number of nitro groups is 1. The van der Waals surface area contributed by atoms with Crippen molar-refractivity contribution < 1.29 is 19.2 Å². The maximum absolute atomic E-state index is 13.6. The van der Waals surface area contributed by atoms with Gasteiger partial charge in [-0.05, 0) is 49.1 Å². The summed E-state index contributed by atoms with van der Waals surface area (Å²) < 4.78 is 5.94. The Bertz CT molecular complexity index is 1210. The molecule has 0 radical (unpaired) electrons. The van der Waals surface area contributed by atoms with Gasteiger partial charge in [-0.3, -0.25) is 19.7 Å². The van der Waals surface area contributed by atoms with Gasteiger partial charge < -0.3 is 10.1 Å². The van der Waals surface area contributed by atoms with Gasteiger partial charge in [-0.15, -0.1) is 0 Å². The van der Waals surface area contributed by atoms with Crippen LogP contribution in [0.5, 0.6) is 0 Å². The van der Waals surface area contributed by atoms with E-state index in [-0.39, 0.29) is 23.5 Å². The maximum atomic E-state index is 13.6. The minimum Gasteiger partial charge on any atom is -0.462 e. The summed E-state index contributed by atoms with van der Waals surface area (Å²) in [6.07, 6.45) is 5.72. The fourth-order valence-corrected chi connectivity index (χ4v) is 5.87. The Kier molecular flexibility index (Phi) is 6.72. The second kappa shape index (κ2) is 10.1. The third-order valence-corrected chi connectivity index (χ3v) is 7.66. The molecule has 7 heteroatoms. The molecular formula is C29H30N2O5. The Morgan fingerprint density at radius 1 is 0.972 bits per heavy atom. The van der Waals surface area contributed by atoms with Crippen molar-refractivity contribution in [3.8, 4) is 0 Å². The summed E-state index contributed by atoms with van der Waals surface area (Å²) in [4.78, 5) is 38.0. The van der Waals surface area contributed by atoms with Crippen molar-refractivity contribution in [3.05, 3.63) is 99.4 Å². The Labute approximate surface area is 210 Å². The van der Waals surface area contributed by atoms with Crippen molar-refractivity contribution in [1.29, 1.82) is 0 Å². The molecular weight excluding hydrogens is 456 g/mol. The Morgan fingerprint density at radius 2 is 1.67 bits per heavy atom. The molecule has 0 bridgehead atoms. The number of allylic oxidation sites excluding steroid dienone is 2. The number of nitrogens with one attached hydrogen (secondary N) is 1. The number of ether oxygens (including phenoxy) is 1. The number of benzene rings is 2. The van der Waals surface area contributed by atoms with Gasteiger partial charge in [-0.2, -0.15) is 0 Å². The predicted octanol–water partition coefficient (Wildman–Crippen LogP) is 5.69. The molecule has 3 atom stereocenters. The first-order valence-corrected chi connectivity index (χ1v) is 12.6. The molecule has 1 fully saturated rings. The minimum atomic E-state index is -0.788. The van der Waals surface area contributed by atoms with Gasteiger partial charge in [0.2, 0.25) is 0 Å². The number of nitrogens with zero attached hydrogens (tertiary/aromatic N) is 1. The van der Waals surface area contributed by atoms with Crippen molar-refractivity contribution in [1.82, 2.24) is 5.32 Å². The molecule has 1 heterocycles. The number of carbonyl (C=O) groups excluding carboxylic acids is 2. The first-order chi connectivity index (χ1) is 17.4. The van der Waals surface area contributed by atoms with Gasteiger partial charge in [0.05, 0.1) is 4.92 Å². The summed E-state index contributed by atoms with van der Waals surface area (Å²) >= 11 is 0. The van der Waals surface area contributed by atoms with Gasteiger partial charge in [0.1, 0.15) is 12.0 Å². The first kappa shape index (κ1) is 24.0. The second-order valence-electron chi connectivity index (χ2n) is 9.98. The molecule has 7 nitrogen and oxygen atoms in total. The summed E-state index contributed by atoms with van der Waals surface area (Å²) in [5.41, 5.74) is 3.56. The average molecular weight is 487 g/mol. The largest absolute Gasteiger partial charge is 0.462 e. The summed E-state index contributed by atoms with van der Waals surface area (Å²) in [5, 5.41) is 14.5. The summed E-state index contributed by atoms with van der Waals surface area (Å²) in [5.74, 6) is -1.78. The highest BCUT2D eigenvalue weighted by Gasteiger charge is 2.46. The summed E-state index contributed by atoms with van der Waals surface area (Å²) in [6.45, 7) is 4.18. The van der Waals surface area contributed by atoms with Crippen LogP contribution in [0.15, 0.2) is 78.1 Å². The summed E-state index contributed by atoms with van der Waals surface area (Å²) in [7, 11) is 0. The van der Waals surface area contributed by atoms with E-state index in [1.54, 1.807) is 12.1 Å². The van der Waals surface area contributed by atoms with Crippen LogP contribution >= 0.6 is 0 Å². The molecule has 3 unspecified atom stereocenters. The highest BCUT2D eigenvalue weighted by atomic mass is 16.6. The topological polar surface area (TPSA) is 98.5 Å². The third kappa shape index (κ3) is 4.70. The number of esters is 1. The monoisotopic (exact) mass is 486 g/mol. The van der Waals surface area contributed by atoms with E-state index in [1.165, 1.54) is 12.1 Å². The van der Waals surface area contributed by atoms with Crippen LogP contribution in [-0.2, 0) is 14.3 Å². The fraction of sp³-hybridized carbons (Fsp3) is 0.379. The molecule has 2 aromatic rings. The van der Waals surface area contributed by atoms with E-state index >= 15 is 0 Å². The summed E-state index contributed by atoms with van der Waals surface area (Å²) in [6, 6.07) is 16.1. The molecule has 0 spiro atoms. The van der Waals surface area contributed by atoms with E-state index in [1.807, 2.05) is 30.3 Å². The van der Waals surface area contributed by atoms with E-state index < -0.39 is 22.7 Å². The molecule has 1 N–H and O–H groups in total. The van der Waals surface area contributed by atoms with Gasteiger partial charge >= 0.3 is 5.97 Å². The molecule has 2 aromatic carbocycles. The van der Waals surface area contributed by atoms with Crippen LogP contribution in [0.25, 0.3) is 0 Å². The van der Waals surface area contributed by atoms with Gasteiger partial charge in [0.15, 0.2) is 5.78 Å². The smallest absolute Gasteiger partial charge is 0.316 e. The highest BCUT2D eigenvalue weighted by molar-refractivity contribution is 6.01. The van der Waals surface area contributed by atoms with Crippen LogP contribution < -0.4 is 5.32 Å². The Hall–Kier alpha value is -3.74. The lowest BCUT2D eigenvalue weighted by Crippen LogP contribution is -2.43. The zero-order valence-corrected chi connectivity index (χ0v) is 20.2. The zero-order chi connectivity index (χ0) is 25.2. The zero-order valence-electron chi connectivity index (χ0n) is 20.2. The molecule has 0 amide bonds. The molecule has 5 rings (SSSR count). The van der Waals surface area contributed by atoms with Gasteiger partial charge in [-0.1, -0.05) is 55.5 Å². The average Bonchev–Trinajstić information content (AvgIpc) is 2.89. The third-order valence-electron chi connectivity index (χ3n) is 7.66. The van der Waals surface area contributed by atoms with Gasteiger partial charge in [0, 0.05) is 41.4 Å². The van der Waals surface area contributed by atoms with Crippen LogP contribution in [0.2, 0.25) is 0 Å². The molecule has 2 aliphatic carbocycles. The van der Waals surface area contributed by atoms with Crippen LogP contribution in [0.1, 0.15) is 67.9 Å². The maximum Gasteiger partial charge on any atom is 0.316 e. The van der Waals surface area contributed by atoms with Crippen LogP contribution in [0, 0.1) is 16.0 Å². The molecule has 1 saturated carbocycles. The van der Waals surface area contributed by atoms with E-state index in [0.717, 1.165) is 43.4 Å². The molecule has 186 valence electrons. The van der Waals surface area contributed by atoms with E-state index in [9.17, 15) is 19.7 Å². The Balaban J connectivity index is 1.53. The highest BCUT2D eigenvalue weighted by Crippen LogP contribution is 2.47. The van der Waals surface area contributed by atoms with Crippen molar-refractivity contribution in [2.24, 2.45) is 5.92 Å². The number of non-ortho nitro benzene ring substituents is 1. The van der Waals surface area contributed by atoms with E-state index in [0.29, 0.717) is 29.7 Å². The lowest BCUT2D eigenvalue weighted by atomic mass is 9.69. The van der Waals surface area contributed by atoms with Crippen LogP contribution in [0.4, 0.5) is 5.69 Å². The lowest BCUT2D eigenvalue weighted by molar-refractivity contribution is -0.384. The number of rotatable bonds is 5. The van der Waals surface area contributed by atoms with Crippen molar-refractivity contribution >= 4 is 17.4 Å². The molecule has 0 saturated heterocycles. The lowest BCUT2D eigenvalue weighted by Gasteiger charge is -2.40. The van der Waals surface area contributed by atoms with E-state index in [2.05, 4.69) is 11.9 Å². The van der Waals surface area contributed by atoms with Crippen molar-refractivity contribution in [2.75, 3.05) is 0 Å². The standard InChI is InChI=1S/C29H30N2O5/c1-18-26(29(33)36-23-10-6-3-7-11-23)27(20-12-14-22(15-13-20)31(34)35)28-24(30-18)16-21(17-25(28)32)19-8-4-2-5-9-19/h2,4-5,8-9,12-15,21,23,26-27,30H,1,3,6-7,10-11,16-17H2. The molecule has 3 aliphatic rings. The number of Topliss-reactive ketones (excluding diaryl/α,β-unsaturated/α-hetero) is 1. The minimum absolute atomic E-state index is 0.0241. The number of hydrogen-bond acceptors (Lipinski definition) is 6. The number of nitro benzene ring substituents is 1. The Morgan fingerprint density at radius 3 is 2.33 bits per heavy atom. The van der Waals surface area contributed by atoms with Gasteiger partial charge in [0.25, 0.3) is 5.69 Å². The quantitative estimate of drug-likeness (QED) is 0.331. The molecule has 36 heavy (non-hydrogen) atoms. The van der Waals surface area contributed by atoms with E-state index in [4.69, 9.17) is 4.74 Å². The van der Waals surface area contributed by atoms with Gasteiger partial charge in [-0.25, -0.2) is 0 Å². The second-order valence-corrected chi connectivity index (χ2v) is 9.98.